The summed E-state index contributed by atoms with van der Waals surface area (Å²) in [5.41, 5.74) is 7.97. The first-order valence-corrected chi connectivity index (χ1v) is 22.8. The summed E-state index contributed by atoms with van der Waals surface area (Å²) in [6, 6.07) is 18.0. The van der Waals surface area contributed by atoms with Crippen LogP contribution in [-0.4, -0.2) is 104 Å². The van der Waals surface area contributed by atoms with Crippen LogP contribution in [0.25, 0.3) is 44.7 Å². The summed E-state index contributed by atoms with van der Waals surface area (Å²) in [7, 11) is 2.92. The van der Waals surface area contributed by atoms with E-state index in [1.165, 1.54) is 7.11 Å². The molecule has 17 nitrogen and oxygen atoms in total. The minimum absolute atomic E-state index is 0.143. The highest BCUT2D eigenvalue weighted by atomic mass is 16.5. The molecule has 67 heavy (non-hydrogen) atoms. The molecule has 3 aliphatic rings. The van der Waals surface area contributed by atoms with Gasteiger partial charge in [-0.1, -0.05) is 52.0 Å². The molecule has 0 saturated carbocycles. The molecule has 3 unspecified atom stereocenters. The largest absolute Gasteiger partial charge is 0.497 e. The van der Waals surface area contributed by atoms with Crippen molar-refractivity contribution in [2.45, 2.75) is 83.6 Å². The standard InChI is InChI=1S/C50H55N9O8/c1-26(2)42(56-40(61)25-60)48(62)58-19-7-9-37(58)47-52-24-36(55-47)30-13-17-32-39(22-30)67-45(28-11-15-31(65-5)16-12-28)41-33-21-29(14-18-34(33)53-44(32)41)35-23-51-46(54-35)38-10-8-20-59(38)49(63)43(27(3)4)57-50(64)66-6/h11-18,21-27,37-38,42-43,45,53H,7-10,19-20H2,1-6H3,(H,51,54)(H,52,55)(H,56,61)(H,57,64)/t37?,38-,42-,43?,45?/m0/s1. The number of ether oxygens (including phenoxy) is 3. The highest BCUT2D eigenvalue weighted by Gasteiger charge is 2.39. The van der Waals surface area contributed by atoms with Gasteiger partial charge in [0.1, 0.15) is 35.2 Å². The number of nitrogens with one attached hydrogen (secondary N) is 5. The number of likely N-dealkylation sites (tertiary alicyclic amines) is 2. The van der Waals surface area contributed by atoms with Gasteiger partial charge in [0.15, 0.2) is 6.10 Å². The number of alkyl carbamates (subject to hydrolysis) is 1. The second-order valence-electron chi connectivity index (χ2n) is 18.1. The second kappa shape index (κ2) is 18.5. The van der Waals surface area contributed by atoms with Crippen LogP contribution in [0.5, 0.6) is 11.5 Å². The molecular formula is C50H55N9O8. The van der Waals surface area contributed by atoms with Crippen molar-refractivity contribution in [2.24, 2.45) is 11.8 Å². The van der Waals surface area contributed by atoms with Gasteiger partial charge in [0.2, 0.25) is 18.1 Å². The van der Waals surface area contributed by atoms with Crippen molar-refractivity contribution < 1.29 is 38.2 Å². The number of benzene rings is 3. The number of aromatic nitrogens is 5. The maximum Gasteiger partial charge on any atom is 0.407 e. The van der Waals surface area contributed by atoms with E-state index < -0.39 is 30.2 Å². The average Bonchev–Trinajstić information content (AvgIpc) is 4.20. The number of carbonyl (C=O) groups is 5. The molecule has 2 fully saturated rings. The van der Waals surface area contributed by atoms with E-state index in [1.54, 1.807) is 29.3 Å². The van der Waals surface area contributed by atoms with Crippen molar-refractivity contribution in [1.29, 1.82) is 0 Å². The molecule has 5 atom stereocenters. The molecule has 17 heteroatoms. The van der Waals surface area contributed by atoms with Gasteiger partial charge >= 0.3 is 6.09 Å². The minimum Gasteiger partial charge on any atom is -0.497 e. The zero-order chi connectivity index (χ0) is 47.1. The molecule has 348 valence electrons. The van der Waals surface area contributed by atoms with Gasteiger partial charge in [-0.2, -0.15) is 0 Å². The van der Waals surface area contributed by atoms with Crippen LogP contribution in [0, 0.1) is 11.8 Å². The summed E-state index contributed by atoms with van der Waals surface area (Å²) < 4.78 is 17.3. The quantitative estimate of drug-likeness (QED) is 0.0582. The van der Waals surface area contributed by atoms with Crippen molar-refractivity contribution in [1.82, 2.24) is 45.4 Å². The number of H-pyrrole nitrogens is 3. The van der Waals surface area contributed by atoms with Crippen LogP contribution >= 0.6 is 0 Å². The average molecular weight is 910 g/mol. The predicted octanol–water partition coefficient (Wildman–Crippen LogP) is 7.15. The number of carbonyl (C=O) groups excluding carboxylic acids is 5. The van der Waals surface area contributed by atoms with Crippen molar-refractivity contribution >= 4 is 41.0 Å². The van der Waals surface area contributed by atoms with Crippen LogP contribution < -0.4 is 20.1 Å². The van der Waals surface area contributed by atoms with E-state index in [4.69, 9.17) is 24.2 Å². The first-order chi connectivity index (χ1) is 32.4. The lowest BCUT2D eigenvalue weighted by Crippen LogP contribution is -2.51. The lowest BCUT2D eigenvalue weighted by atomic mass is 9.91. The summed E-state index contributed by atoms with van der Waals surface area (Å²) >= 11 is 0. The van der Waals surface area contributed by atoms with Gasteiger partial charge in [0.05, 0.1) is 55.8 Å². The number of aromatic amines is 3. The number of hydrogen-bond acceptors (Lipinski definition) is 10. The Balaban J connectivity index is 1.02. The smallest absolute Gasteiger partial charge is 0.407 e. The number of amides is 4. The van der Waals surface area contributed by atoms with Gasteiger partial charge in [-0.05, 0) is 79.5 Å². The molecule has 0 radical (unpaired) electrons. The molecule has 4 amide bonds. The third-order valence-corrected chi connectivity index (χ3v) is 13.3. The maximum absolute atomic E-state index is 13.8. The van der Waals surface area contributed by atoms with Crippen LogP contribution in [-0.2, 0) is 23.9 Å². The second-order valence-corrected chi connectivity index (χ2v) is 18.1. The van der Waals surface area contributed by atoms with Crippen molar-refractivity contribution in [2.75, 3.05) is 27.3 Å². The van der Waals surface area contributed by atoms with Crippen LogP contribution in [0.1, 0.15) is 94.3 Å². The van der Waals surface area contributed by atoms with Gasteiger partial charge in [0, 0.05) is 46.2 Å². The minimum atomic E-state index is -0.835. The number of nitrogens with zero attached hydrogens (tertiary/aromatic N) is 4. The highest BCUT2D eigenvalue weighted by molar-refractivity contribution is 6.24. The fourth-order valence-corrected chi connectivity index (χ4v) is 9.75. The molecule has 6 aromatic rings. The molecular weight excluding hydrogens is 855 g/mol. The molecule has 3 aromatic heterocycles. The van der Waals surface area contributed by atoms with E-state index in [-0.39, 0.29) is 42.0 Å². The molecule has 0 bridgehead atoms. The van der Waals surface area contributed by atoms with E-state index in [1.807, 2.05) is 76.2 Å². The van der Waals surface area contributed by atoms with Gasteiger partial charge in [-0.3, -0.25) is 19.2 Å². The lowest BCUT2D eigenvalue weighted by Gasteiger charge is -2.30. The molecule has 5 N–H and O–H groups in total. The van der Waals surface area contributed by atoms with Crippen LogP contribution in [0.4, 0.5) is 4.79 Å². The Kier molecular flexibility index (Phi) is 12.3. The Hall–Kier alpha value is -7.43. The molecule has 3 aliphatic heterocycles. The Morgan fingerprint density at radius 1 is 0.761 bits per heavy atom. The van der Waals surface area contributed by atoms with Gasteiger partial charge in [-0.25, -0.2) is 14.8 Å². The number of methoxy groups -OCH3 is 2. The van der Waals surface area contributed by atoms with Crippen molar-refractivity contribution in [3.8, 4) is 45.3 Å². The Bertz CT molecular complexity index is 2840. The third-order valence-electron chi connectivity index (χ3n) is 13.3. The van der Waals surface area contributed by atoms with E-state index in [0.29, 0.717) is 36.9 Å². The topological polar surface area (TPSA) is 217 Å². The monoisotopic (exact) mass is 909 g/mol. The first kappa shape index (κ1) is 44.8. The van der Waals surface area contributed by atoms with E-state index in [9.17, 15) is 24.0 Å². The SMILES string of the molecule is COC(=O)NC(C(=O)N1CCC[C@H]1c1ncc(-c2ccc3[nH]c4c(c3c2)C(c2ccc(OC)cc2)Oc2cc(-c3cnc(C5CCCN5C(=O)[C@@H](NC(=O)C=O)C(C)C)[nH]3)ccc2-4)[nH]1)C(C)C. The molecule has 3 aromatic carbocycles. The van der Waals surface area contributed by atoms with Gasteiger partial charge < -0.3 is 49.6 Å². The normalized spacial score (nSPS) is 18.6. The zero-order valence-electron chi connectivity index (χ0n) is 38.3. The van der Waals surface area contributed by atoms with E-state index in [2.05, 4.69) is 37.7 Å². The van der Waals surface area contributed by atoms with Gasteiger partial charge in [0.25, 0.3) is 5.91 Å². The summed E-state index contributed by atoms with van der Waals surface area (Å²) in [5, 5.41) is 6.26. The Labute approximate surface area is 387 Å². The number of aldehydes is 1. The maximum atomic E-state index is 13.8. The fraction of sp³-hybridized carbons (Fsp3) is 0.380. The number of fused-ring (bicyclic) bond motifs is 5. The summed E-state index contributed by atoms with van der Waals surface area (Å²) in [6.07, 6.45) is 5.63. The summed E-state index contributed by atoms with van der Waals surface area (Å²) in [4.78, 5) is 86.6. The first-order valence-electron chi connectivity index (χ1n) is 22.8. The molecule has 6 heterocycles. The van der Waals surface area contributed by atoms with Crippen molar-refractivity contribution in [3.63, 3.8) is 0 Å². The number of rotatable bonds is 13. The lowest BCUT2D eigenvalue weighted by molar-refractivity contribution is -0.140. The molecule has 9 rings (SSSR count). The number of hydrogen-bond donors (Lipinski definition) is 5. The van der Waals surface area contributed by atoms with Crippen molar-refractivity contribution in [3.05, 3.63) is 95.8 Å². The van der Waals surface area contributed by atoms with Crippen LogP contribution in [0.3, 0.4) is 0 Å². The summed E-state index contributed by atoms with van der Waals surface area (Å²) in [5.74, 6) is 1.12. The summed E-state index contributed by atoms with van der Waals surface area (Å²) in [6.45, 7) is 8.53. The molecule has 0 spiro atoms. The highest BCUT2D eigenvalue weighted by Crippen LogP contribution is 2.49. The van der Waals surface area contributed by atoms with E-state index in [0.717, 1.165) is 80.8 Å². The van der Waals surface area contributed by atoms with E-state index >= 15 is 0 Å². The van der Waals surface area contributed by atoms with Crippen LogP contribution in [0.2, 0.25) is 0 Å². The molecule has 2 saturated heterocycles. The predicted molar refractivity (Wildman–Crippen MR) is 249 cm³/mol. The van der Waals surface area contributed by atoms with Gasteiger partial charge in [-0.15, -0.1) is 0 Å². The third kappa shape index (κ3) is 8.49. The van der Waals surface area contributed by atoms with Crippen LogP contribution in [0.15, 0.2) is 73.1 Å². The zero-order valence-corrected chi connectivity index (χ0v) is 38.3. The number of imidazole rings is 2. The Morgan fingerprint density at radius 3 is 1.91 bits per heavy atom. The molecule has 0 aliphatic carbocycles. The Morgan fingerprint density at radius 2 is 1.34 bits per heavy atom. The fourth-order valence-electron chi connectivity index (χ4n) is 9.75.